The van der Waals surface area contributed by atoms with Crippen molar-refractivity contribution in [2.75, 3.05) is 13.1 Å². The number of aliphatic hydroxyl groups excluding tert-OH is 1. The number of nitrogens with zero attached hydrogens (tertiary/aromatic N) is 1. The summed E-state index contributed by atoms with van der Waals surface area (Å²) in [4.78, 5) is 62.1. The first-order valence-electron chi connectivity index (χ1n) is 9.72. The van der Waals surface area contributed by atoms with Crippen LogP contribution in [0.1, 0.15) is 32.6 Å². The van der Waals surface area contributed by atoms with Crippen LogP contribution in [-0.4, -0.2) is 83.1 Å². The fourth-order valence-corrected chi connectivity index (χ4v) is 2.38. The second-order valence-corrected chi connectivity index (χ2v) is 6.96. The molecule has 0 fully saturated rings. The Bertz CT molecular complexity index is 709. The fraction of sp³-hybridized carbons (Fsp3) is 0.647. The van der Waals surface area contributed by atoms with Crippen molar-refractivity contribution in [2.24, 2.45) is 27.9 Å². The van der Waals surface area contributed by atoms with Crippen LogP contribution in [0.15, 0.2) is 4.99 Å². The minimum atomic E-state index is -1.48. The topological polar surface area (TPSA) is 278 Å². The van der Waals surface area contributed by atoms with Crippen molar-refractivity contribution in [1.82, 2.24) is 16.0 Å². The van der Waals surface area contributed by atoms with E-state index in [4.69, 9.17) is 22.9 Å². The number of carboxylic acid groups (broad SMARTS) is 1. The number of carbonyl (C=O) groups is 5. The van der Waals surface area contributed by atoms with E-state index in [1.807, 2.05) is 0 Å². The highest BCUT2D eigenvalue weighted by molar-refractivity contribution is 5.93. The number of hydrogen-bond acceptors (Lipinski definition) is 8. The maximum absolute atomic E-state index is 12.4. The van der Waals surface area contributed by atoms with E-state index in [-0.39, 0.29) is 38.2 Å². The van der Waals surface area contributed by atoms with Crippen LogP contribution in [0.25, 0.3) is 0 Å². The second kappa shape index (κ2) is 14.5. The molecule has 0 bridgehead atoms. The van der Waals surface area contributed by atoms with Crippen molar-refractivity contribution in [3.8, 4) is 0 Å². The molecule has 15 nitrogen and oxygen atoms in total. The van der Waals surface area contributed by atoms with Gasteiger partial charge in [-0.05, 0) is 26.2 Å². The SMILES string of the molecule is C[C@@H](O)[C@H](NC(=O)CNC(=O)[C@@H](N)CCC(N)=O)C(=O)N[C@@H](CCCN=C(N)N)C(=O)O. The smallest absolute Gasteiger partial charge is 0.326 e. The van der Waals surface area contributed by atoms with Gasteiger partial charge >= 0.3 is 5.97 Å². The molecule has 0 aliphatic rings. The van der Waals surface area contributed by atoms with Crippen molar-refractivity contribution >= 4 is 35.6 Å². The van der Waals surface area contributed by atoms with Gasteiger partial charge < -0.3 is 49.1 Å². The third kappa shape index (κ3) is 12.3. The summed E-state index contributed by atoms with van der Waals surface area (Å²) in [5.74, 6) is -4.60. The van der Waals surface area contributed by atoms with E-state index < -0.39 is 60.4 Å². The number of nitrogens with two attached hydrogens (primary N) is 4. The first-order chi connectivity index (χ1) is 14.8. The second-order valence-electron chi connectivity index (χ2n) is 6.96. The lowest BCUT2D eigenvalue weighted by atomic mass is 10.1. The zero-order valence-corrected chi connectivity index (χ0v) is 17.7. The van der Waals surface area contributed by atoms with Crippen molar-refractivity contribution < 1.29 is 34.2 Å². The van der Waals surface area contributed by atoms with E-state index in [9.17, 15) is 34.2 Å². The molecule has 0 radical (unpaired) electrons. The van der Waals surface area contributed by atoms with Crippen molar-refractivity contribution in [3.05, 3.63) is 0 Å². The molecule has 13 N–H and O–H groups in total. The van der Waals surface area contributed by atoms with Crippen LogP contribution in [-0.2, 0) is 24.0 Å². The number of rotatable bonds is 15. The molecular weight excluding hydrogens is 428 g/mol. The number of primary amides is 1. The van der Waals surface area contributed by atoms with Crippen molar-refractivity contribution in [3.63, 3.8) is 0 Å². The summed E-state index contributed by atoms with van der Waals surface area (Å²) >= 11 is 0. The van der Waals surface area contributed by atoms with Gasteiger partial charge in [0.25, 0.3) is 0 Å². The van der Waals surface area contributed by atoms with E-state index in [0.29, 0.717) is 0 Å². The third-order valence-electron chi connectivity index (χ3n) is 4.10. The molecule has 0 unspecified atom stereocenters. The molecule has 0 rings (SSSR count). The largest absolute Gasteiger partial charge is 0.480 e. The van der Waals surface area contributed by atoms with E-state index in [0.717, 1.165) is 0 Å². The fourth-order valence-electron chi connectivity index (χ4n) is 2.38. The predicted octanol–water partition coefficient (Wildman–Crippen LogP) is -4.82. The molecular formula is C17H32N8O7. The van der Waals surface area contributed by atoms with Crippen LogP contribution in [0.4, 0.5) is 0 Å². The molecule has 0 spiro atoms. The first kappa shape index (κ1) is 28.5. The third-order valence-corrected chi connectivity index (χ3v) is 4.10. The number of carboxylic acids is 1. The lowest BCUT2D eigenvalue weighted by Crippen LogP contribution is -2.57. The van der Waals surface area contributed by atoms with Gasteiger partial charge in [-0.2, -0.15) is 0 Å². The Kier molecular flexibility index (Phi) is 13.0. The van der Waals surface area contributed by atoms with Gasteiger partial charge in [0.2, 0.25) is 23.6 Å². The maximum atomic E-state index is 12.4. The Morgan fingerprint density at radius 1 is 1.00 bits per heavy atom. The Morgan fingerprint density at radius 3 is 2.12 bits per heavy atom. The number of aliphatic hydroxyl groups is 1. The standard InChI is InChI=1S/C17H32N8O7/c1-8(26)13(15(30)24-10(16(31)32)3-2-6-22-17(20)21)25-12(28)7-23-14(29)9(18)4-5-11(19)27/h8-10,13,26H,2-7,18H2,1H3,(H2,19,27)(H,23,29)(H,24,30)(H,25,28)(H,31,32)(H4,20,21,22)/t8-,9+,10+,13+/m1/s1. The summed E-state index contributed by atoms with van der Waals surface area (Å²) in [6, 6.07) is -3.86. The zero-order valence-electron chi connectivity index (χ0n) is 17.7. The van der Waals surface area contributed by atoms with E-state index in [2.05, 4.69) is 20.9 Å². The van der Waals surface area contributed by atoms with Crippen LogP contribution in [0, 0.1) is 0 Å². The monoisotopic (exact) mass is 460 g/mol. The van der Waals surface area contributed by atoms with Crippen LogP contribution in [0.2, 0.25) is 0 Å². The number of amides is 4. The summed E-state index contributed by atoms with van der Waals surface area (Å²) in [5.41, 5.74) is 20.9. The first-order valence-corrected chi connectivity index (χ1v) is 9.72. The molecule has 4 amide bonds. The molecule has 15 heteroatoms. The molecule has 0 aliphatic carbocycles. The molecule has 4 atom stereocenters. The number of guanidine groups is 1. The summed E-state index contributed by atoms with van der Waals surface area (Å²) in [6.45, 7) is 0.803. The van der Waals surface area contributed by atoms with E-state index in [1.165, 1.54) is 6.92 Å². The van der Waals surface area contributed by atoms with Crippen molar-refractivity contribution in [2.45, 2.75) is 56.8 Å². The summed E-state index contributed by atoms with van der Waals surface area (Å²) < 4.78 is 0. The molecule has 32 heavy (non-hydrogen) atoms. The molecule has 0 aliphatic heterocycles. The lowest BCUT2D eigenvalue weighted by Gasteiger charge is -2.23. The molecule has 0 saturated carbocycles. The van der Waals surface area contributed by atoms with Gasteiger partial charge in [-0.1, -0.05) is 0 Å². The molecule has 182 valence electrons. The highest BCUT2D eigenvalue weighted by Crippen LogP contribution is 2.02. The van der Waals surface area contributed by atoms with Crippen LogP contribution in [0.5, 0.6) is 0 Å². The summed E-state index contributed by atoms with van der Waals surface area (Å²) in [7, 11) is 0. The summed E-state index contributed by atoms with van der Waals surface area (Å²) in [6.07, 6.45) is -1.24. The Morgan fingerprint density at radius 2 is 1.62 bits per heavy atom. The normalized spacial score (nSPS) is 14.2. The van der Waals surface area contributed by atoms with E-state index >= 15 is 0 Å². The lowest BCUT2D eigenvalue weighted by molar-refractivity contribution is -0.143. The number of carbonyl (C=O) groups excluding carboxylic acids is 4. The molecule has 0 aromatic carbocycles. The van der Waals surface area contributed by atoms with Gasteiger partial charge in [-0.15, -0.1) is 0 Å². The minimum absolute atomic E-state index is 0.00240. The van der Waals surface area contributed by atoms with Crippen molar-refractivity contribution in [1.29, 1.82) is 0 Å². The average Bonchev–Trinajstić information content (AvgIpc) is 2.69. The van der Waals surface area contributed by atoms with Gasteiger partial charge in [0.15, 0.2) is 5.96 Å². The Labute approximate surface area is 184 Å². The molecule has 0 saturated heterocycles. The predicted molar refractivity (Wildman–Crippen MR) is 113 cm³/mol. The van der Waals surface area contributed by atoms with Gasteiger partial charge in [0.1, 0.15) is 12.1 Å². The molecule has 0 heterocycles. The van der Waals surface area contributed by atoms with Gasteiger partial charge in [-0.3, -0.25) is 24.2 Å². The Balaban J connectivity index is 4.78. The highest BCUT2D eigenvalue weighted by atomic mass is 16.4. The molecule has 0 aromatic rings. The quantitative estimate of drug-likeness (QED) is 0.0638. The average molecular weight is 460 g/mol. The highest BCUT2D eigenvalue weighted by Gasteiger charge is 2.29. The van der Waals surface area contributed by atoms with Crippen LogP contribution in [0.3, 0.4) is 0 Å². The number of aliphatic carboxylic acids is 1. The van der Waals surface area contributed by atoms with Gasteiger partial charge in [0.05, 0.1) is 18.7 Å². The maximum Gasteiger partial charge on any atom is 0.326 e. The number of hydrogen-bond donors (Lipinski definition) is 9. The number of nitrogens with one attached hydrogen (secondary N) is 3. The van der Waals surface area contributed by atoms with Gasteiger partial charge in [-0.25, -0.2) is 4.79 Å². The minimum Gasteiger partial charge on any atom is -0.480 e. The zero-order chi connectivity index (χ0) is 24.8. The summed E-state index contributed by atoms with van der Waals surface area (Å²) in [5, 5.41) is 25.8. The molecule has 0 aromatic heterocycles. The van der Waals surface area contributed by atoms with Crippen LogP contribution < -0.4 is 38.9 Å². The van der Waals surface area contributed by atoms with Gasteiger partial charge in [0, 0.05) is 13.0 Å². The number of aliphatic imine (C=N–C) groups is 1. The van der Waals surface area contributed by atoms with Crippen LogP contribution >= 0.6 is 0 Å². The Hall–Kier alpha value is -3.46. The van der Waals surface area contributed by atoms with E-state index in [1.54, 1.807) is 0 Å².